The molecule has 0 aromatic rings. The summed E-state index contributed by atoms with van der Waals surface area (Å²) in [7, 11) is 2.05. The quantitative estimate of drug-likeness (QED) is 0.660. The molecule has 0 aromatic heterocycles. The van der Waals surface area contributed by atoms with Gasteiger partial charge >= 0.3 is 5.97 Å². The number of carboxylic acid groups (broad SMARTS) is 1. The molecule has 1 N–H and O–H groups in total. The summed E-state index contributed by atoms with van der Waals surface area (Å²) in [6.45, 7) is 4.24. The number of hydrogen-bond donors (Lipinski definition) is 1. The number of nitrogens with zero attached hydrogens (tertiary/aromatic N) is 1. The minimum Gasteiger partial charge on any atom is -0.481 e. The fraction of sp³-hybridized carbons (Fsp3) is 0.900. The van der Waals surface area contributed by atoms with Crippen molar-refractivity contribution in [3.63, 3.8) is 0 Å². The van der Waals surface area contributed by atoms with E-state index in [0.29, 0.717) is 19.1 Å². The van der Waals surface area contributed by atoms with Crippen molar-refractivity contribution in [1.29, 1.82) is 0 Å². The number of carbonyl (C=O) groups is 1. The molecule has 0 aromatic carbocycles. The van der Waals surface area contributed by atoms with Gasteiger partial charge in [0.25, 0.3) is 0 Å². The molecule has 1 heterocycles. The van der Waals surface area contributed by atoms with Gasteiger partial charge in [-0.3, -0.25) is 4.79 Å². The van der Waals surface area contributed by atoms with Crippen LogP contribution in [0.4, 0.5) is 0 Å². The fourth-order valence-corrected chi connectivity index (χ4v) is 1.57. The Labute approximate surface area is 90.0 Å². The summed E-state index contributed by atoms with van der Waals surface area (Å²) in [5, 5.41) is 8.42. The van der Waals surface area contributed by atoms with Gasteiger partial charge in [0.1, 0.15) is 0 Å². The zero-order chi connectivity index (χ0) is 11.1. The van der Waals surface area contributed by atoms with Crippen molar-refractivity contribution < 1.29 is 19.4 Å². The summed E-state index contributed by atoms with van der Waals surface area (Å²) in [6.07, 6.45) is 0.0728. The highest BCUT2D eigenvalue weighted by Crippen LogP contribution is 2.05. The van der Waals surface area contributed by atoms with Gasteiger partial charge in [0.2, 0.25) is 0 Å². The molecule has 1 fully saturated rings. The van der Waals surface area contributed by atoms with Crippen molar-refractivity contribution in [2.24, 2.45) is 5.92 Å². The van der Waals surface area contributed by atoms with Crippen LogP contribution in [-0.2, 0) is 14.3 Å². The van der Waals surface area contributed by atoms with E-state index in [4.69, 9.17) is 14.6 Å². The van der Waals surface area contributed by atoms with E-state index in [-0.39, 0.29) is 13.0 Å². The molecule has 0 aliphatic carbocycles. The molecule has 0 radical (unpaired) electrons. The van der Waals surface area contributed by atoms with Crippen LogP contribution in [-0.4, -0.2) is 62.5 Å². The summed E-state index contributed by atoms with van der Waals surface area (Å²) in [5.41, 5.74) is 0. The normalized spacial score (nSPS) is 23.7. The SMILES string of the molecule is CN1CCOCC(COCCC(=O)O)C1. The van der Waals surface area contributed by atoms with Crippen molar-refractivity contribution in [1.82, 2.24) is 4.90 Å². The lowest BCUT2D eigenvalue weighted by Crippen LogP contribution is -2.28. The molecule has 0 spiro atoms. The molecule has 0 bridgehead atoms. The number of carboxylic acids is 1. The molecule has 1 unspecified atom stereocenters. The minimum absolute atomic E-state index is 0.0728. The van der Waals surface area contributed by atoms with Gasteiger partial charge in [-0.25, -0.2) is 0 Å². The summed E-state index contributed by atoms with van der Waals surface area (Å²) in [4.78, 5) is 12.5. The van der Waals surface area contributed by atoms with Crippen molar-refractivity contribution in [2.45, 2.75) is 6.42 Å². The lowest BCUT2D eigenvalue weighted by atomic mass is 10.2. The molecular formula is C10H19NO4. The number of rotatable bonds is 5. The highest BCUT2D eigenvalue weighted by Gasteiger charge is 2.16. The van der Waals surface area contributed by atoms with Crippen molar-refractivity contribution >= 4 is 5.97 Å². The molecule has 1 aliphatic rings. The Morgan fingerprint density at radius 1 is 1.67 bits per heavy atom. The first-order valence-corrected chi connectivity index (χ1v) is 5.24. The second-order valence-electron chi connectivity index (χ2n) is 3.92. The molecule has 1 aliphatic heterocycles. The van der Waals surface area contributed by atoms with Crippen molar-refractivity contribution in [3.05, 3.63) is 0 Å². The maximum absolute atomic E-state index is 10.2. The summed E-state index contributed by atoms with van der Waals surface area (Å²) >= 11 is 0. The maximum atomic E-state index is 10.2. The predicted octanol–water partition coefficient (Wildman–Crippen LogP) is 0.0559. The number of hydrogen-bond acceptors (Lipinski definition) is 4. The fourth-order valence-electron chi connectivity index (χ4n) is 1.57. The van der Waals surface area contributed by atoms with Crippen LogP contribution in [0.2, 0.25) is 0 Å². The third kappa shape index (κ3) is 5.71. The van der Waals surface area contributed by atoms with Crippen LogP contribution in [0.5, 0.6) is 0 Å². The van der Waals surface area contributed by atoms with E-state index in [0.717, 1.165) is 19.7 Å². The number of aliphatic carboxylic acids is 1. The van der Waals surface area contributed by atoms with Crippen LogP contribution >= 0.6 is 0 Å². The standard InChI is InChI=1S/C10H19NO4/c1-11-3-5-15-8-9(6-11)7-14-4-2-10(12)13/h9H,2-8H2,1H3,(H,12,13). The molecule has 5 heteroatoms. The van der Waals surface area contributed by atoms with Gasteiger partial charge in [-0.05, 0) is 7.05 Å². The Morgan fingerprint density at radius 3 is 3.20 bits per heavy atom. The van der Waals surface area contributed by atoms with Gasteiger partial charge in [0.15, 0.2) is 0 Å². The van der Waals surface area contributed by atoms with Crippen LogP contribution in [0.3, 0.4) is 0 Å². The first kappa shape index (κ1) is 12.4. The molecule has 0 amide bonds. The molecule has 5 nitrogen and oxygen atoms in total. The molecule has 15 heavy (non-hydrogen) atoms. The van der Waals surface area contributed by atoms with E-state index in [2.05, 4.69) is 11.9 Å². The van der Waals surface area contributed by atoms with Gasteiger partial charge in [0.05, 0.1) is 32.8 Å². The molecule has 1 saturated heterocycles. The van der Waals surface area contributed by atoms with Crippen LogP contribution in [0, 0.1) is 5.92 Å². The zero-order valence-corrected chi connectivity index (χ0v) is 9.15. The van der Waals surface area contributed by atoms with Crippen LogP contribution < -0.4 is 0 Å². The molecule has 1 rings (SSSR count). The lowest BCUT2D eigenvalue weighted by Gasteiger charge is -2.18. The van der Waals surface area contributed by atoms with Gasteiger partial charge in [-0.1, -0.05) is 0 Å². The Balaban J connectivity index is 2.11. The largest absolute Gasteiger partial charge is 0.481 e. The average Bonchev–Trinajstić information content (AvgIpc) is 2.37. The Bertz CT molecular complexity index is 198. The van der Waals surface area contributed by atoms with E-state index < -0.39 is 5.97 Å². The first-order chi connectivity index (χ1) is 7.18. The minimum atomic E-state index is -0.816. The van der Waals surface area contributed by atoms with E-state index >= 15 is 0 Å². The third-order valence-corrected chi connectivity index (χ3v) is 2.35. The smallest absolute Gasteiger partial charge is 0.305 e. The predicted molar refractivity (Wildman–Crippen MR) is 54.9 cm³/mol. The Hall–Kier alpha value is -0.650. The highest BCUT2D eigenvalue weighted by molar-refractivity contribution is 5.66. The van der Waals surface area contributed by atoms with Crippen LogP contribution in [0.25, 0.3) is 0 Å². The monoisotopic (exact) mass is 217 g/mol. The summed E-state index contributed by atoms with van der Waals surface area (Å²) < 4.78 is 10.7. The lowest BCUT2D eigenvalue weighted by molar-refractivity contribution is -0.138. The van der Waals surface area contributed by atoms with Gasteiger partial charge in [-0.2, -0.15) is 0 Å². The number of ether oxygens (including phenoxy) is 2. The van der Waals surface area contributed by atoms with Gasteiger partial charge in [-0.15, -0.1) is 0 Å². The van der Waals surface area contributed by atoms with E-state index in [1.807, 2.05) is 0 Å². The van der Waals surface area contributed by atoms with Gasteiger partial charge in [0, 0.05) is 19.0 Å². The van der Waals surface area contributed by atoms with E-state index in [9.17, 15) is 4.79 Å². The van der Waals surface area contributed by atoms with E-state index in [1.54, 1.807) is 0 Å². The average molecular weight is 217 g/mol. The number of likely N-dealkylation sites (N-methyl/N-ethyl adjacent to an activating group) is 1. The molecule has 88 valence electrons. The first-order valence-electron chi connectivity index (χ1n) is 5.24. The maximum Gasteiger partial charge on any atom is 0.305 e. The second kappa shape index (κ2) is 6.76. The van der Waals surface area contributed by atoms with Gasteiger partial charge < -0.3 is 19.5 Å². The summed E-state index contributed by atoms with van der Waals surface area (Å²) in [5.74, 6) is -0.462. The molecule has 1 atom stereocenters. The molecular weight excluding hydrogens is 198 g/mol. The van der Waals surface area contributed by atoms with E-state index in [1.165, 1.54) is 0 Å². The Morgan fingerprint density at radius 2 is 2.47 bits per heavy atom. The zero-order valence-electron chi connectivity index (χ0n) is 9.15. The summed E-state index contributed by atoms with van der Waals surface area (Å²) in [6, 6.07) is 0. The van der Waals surface area contributed by atoms with Crippen molar-refractivity contribution in [2.75, 3.05) is 46.6 Å². The third-order valence-electron chi connectivity index (χ3n) is 2.35. The topological polar surface area (TPSA) is 59.0 Å². The molecule has 0 saturated carbocycles. The highest BCUT2D eigenvalue weighted by atomic mass is 16.5. The Kier molecular flexibility index (Phi) is 5.60. The van der Waals surface area contributed by atoms with Crippen molar-refractivity contribution in [3.8, 4) is 0 Å². The van der Waals surface area contributed by atoms with Crippen LogP contribution in [0.1, 0.15) is 6.42 Å². The van der Waals surface area contributed by atoms with Crippen LogP contribution in [0.15, 0.2) is 0 Å². The second-order valence-corrected chi connectivity index (χ2v) is 3.92.